The summed E-state index contributed by atoms with van der Waals surface area (Å²) in [5.41, 5.74) is 0.782. The molecule has 1 fully saturated rings. The van der Waals surface area contributed by atoms with E-state index < -0.39 is 7.12 Å². The third-order valence-electron chi connectivity index (χ3n) is 4.29. The van der Waals surface area contributed by atoms with Gasteiger partial charge in [-0.2, -0.15) is 5.10 Å². The maximum absolute atomic E-state index is 6.08. The zero-order valence-corrected chi connectivity index (χ0v) is 13.9. The lowest BCUT2D eigenvalue weighted by atomic mass is 9.83. The number of rotatable bonds is 3. The van der Waals surface area contributed by atoms with Crippen molar-refractivity contribution >= 4 is 23.6 Å². The number of nitrogens with zero attached hydrogens (tertiary/aromatic N) is 2. The van der Waals surface area contributed by atoms with Gasteiger partial charge < -0.3 is 14.0 Å². The lowest BCUT2D eigenvalue weighted by Crippen LogP contribution is -2.41. The van der Waals surface area contributed by atoms with Crippen LogP contribution >= 0.6 is 0 Å². The maximum Gasteiger partial charge on any atom is 0.514 e. The third kappa shape index (κ3) is 2.48. The summed E-state index contributed by atoms with van der Waals surface area (Å²) in [5.74, 6) is 0.571. The van der Waals surface area contributed by atoms with Crippen LogP contribution in [0.15, 0.2) is 12.3 Å². The van der Waals surface area contributed by atoms with Crippen LogP contribution in [-0.4, -0.2) is 39.6 Å². The van der Waals surface area contributed by atoms with Crippen LogP contribution in [-0.2, 0) is 9.31 Å². The van der Waals surface area contributed by atoms with Crippen LogP contribution in [0.5, 0.6) is 5.88 Å². The number of pyridine rings is 1. The molecule has 0 bridgehead atoms. The molecule has 1 N–H and O–H groups in total. The Hall–Kier alpha value is -1.60. The number of aromatic amines is 1. The van der Waals surface area contributed by atoms with Gasteiger partial charge in [0.15, 0.2) is 0 Å². The summed E-state index contributed by atoms with van der Waals surface area (Å²) in [6.45, 7) is 12.1. The van der Waals surface area contributed by atoms with Crippen molar-refractivity contribution in [2.45, 2.75) is 58.8 Å². The SMILES string of the molecule is CC(C)Oc1cc2c(B3OC(C)(C)C(C)(C)O3)[nH]nc2cn1. The molecule has 2 aromatic rings. The zero-order valence-electron chi connectivity index (χ0n) is 13.9. The predicted octanol–water partition coefficient (Wildman–Crippen LogP) is 2.04. The number of aromatic nitrogens is 3. The van der Waals surface area contributed by atoms with Crippen molar-refractivity contribution in [3.63, 3.8) is 0 Å². The van der Waals surface area contributed by atoms with E-state index in [2.05, 4.69) is 15.2 Å². The Labute approximate surface area is 130 Å². The lowest BCUT2D eigenvalue weighted by Gasteiger charge is -2.32. The Balaban J connectivity index is 1.98. The summed E-state index contributed by atoms with van der Waals surface area (Å²) in [4.78, 5) is 4.26. The van der Waals surface area contributed by atoms with Crippen molar-refractivity contribution in [1.82, 2.24) is 15.2 Å². The molecular formula is C15H22BN3O3. The second kappa shape index (κ2) is 4.96. The fraction of sp³-hybridized carbons (Fsp3) is 0.600. The van der Waals surface area contributed by atoms with Gasteiger partial charge in [-0.25, -0.2) is 4.98 Å². The van der Waals surface area contributed by atoms with Crippen molar-refractivity contribution in [2.75, 3.05) is 0 Å². The first-order valence-corrected chi connectivity index (χ1v) is 7.56. The molecule has 1 aliphatic rings. The largest absolute Gasteiger partial charge is 0.514 e. The van der Waals surface area contributed by atoms with E-state index >= 15 is 0 Å². The van der Waals surface area contributed by atoms with E-state index in [1.807, 2.05) is 47.6 Å². The Kier molecular flexibility index (Phi) is 3.45. The Morgan fingerprint density at radius 1 is 1.18 bits per heavy atom. The van der Waals surface area contributed by atoms with Crippen LogP contribution in [0, 0.1) is 0 Å². The first-order chi connectivity index (χ1) is 10.2. The maximum atomic E-state index is 6.08. The van der Waals surface area contributed by atoms with Crippen molar-refractivity contribution in [2.24, 2.45) is 0 Å². The van der Waals surface area contributed by atoms with Crippen molar-refractivity contribution in [3.8, 4) is 5.88 Å². The molecule has 0 aromatic carbocycles. The normalized spacial score (nSPS) is 20.0. The highest BCUT2D eigenvalue weighted by Crippen LogP contribution is 2.36. The molecule has 22 heavy (non-hydrogen) atoms. The highest BCUT2D eigenvalue weighted by molar-refractivity contribution is 6.64. The minimum atomic E-state index is -0.482. The monoisotopic (exact) mass is 303 g/mol. The van der Waals surface area contributed by atoms with E-state index in [0.29, 0.717) is 5.88 Å². The van der Waals surface area contributed by atoms with Gasteiger partial charge in [0.1, 0.15) is 5.52 Å². The second-order valence-corrected chi connectivity index (χ2v) is 6.93. The summed E-state index contributed by atoms with van der Waals surface area (Å²) in [6.07, 6.45) is 1.76. The van der Waals surface area contributed by atoms with Crippen LogP contribution in [0.3, 0.4) is 0 Å². The van der Waals surface area contributed by atoms with Crippen LogP contribution in [0.1, 0.15) is 41.5 Å². The van der Waals surface area contributed by atoms with Crippen molar-refractivity contribution in [1.29, 1.82) is 0 Å². The molecule has 7 heteroatoms. The summed E-state index contributed by atoms with van der Waals surface area (Å²) in [6, 6.07) is 1.87. The van der Waals surface area contributed by atoms with E-state index in [1.54, 1.807) is 6.20 Å². The summed E-state index contributed by atoms with van der Waals surface area (Å²) in [5, 5.41) is 8.20. The van der Waals surface area contributed by atoms with Gasteiger partial charge in [0.2, 0.25) is 5.88 Å². The molecule has 3 heterocycles. The Bertz CT molecular complexity index is 680. The number of H-pyrrole nitrogens is 1. The minimum Gasteiger partial charge on any atom is -0.475 e. The molecule has 6 nitrogen and oxygen atoms in total. The number of hydrogen-bond donors (Lipinski definition) is 1. The predicted molar refractivity (Wildman–Crippen MR) is 85.4 cm³/mol. The number of fused-ring (bicyclic) bond motifs is 1. The molecule has 0 amide bonds. The average molecular weight is 303 g/mol. The number of nitrogens with one attached hydrogen (secondary N) is 1. The van der Waals surface area contributed by atoms with Gasteiger partial charge in [-0.1, -0.05) is 0 Å². The Morgan fingerprint density at radius 3 is 2.41 bits per heavy atom. The van der Waals surface area contributed by atoms with E-state index in [1.165, 1.54) is 0 Å². The number of hydrogen-bond acceptors (Lipinski definition) is 5. The topological polar surface area (TPSA) is 69.3 Å². The molecule has 0 atom stereocenters. The molecule has 2 aromatic heterocycles. The first kappa shape index (κ1) is 15.3. The van der Waals surface area contributed by atoms with Gasteiger partial charge in [0.25, 0.3) is 0 Å². The molecule has 0 spiro atoms. The average Bonchev–Trinajstić information content (AvgIpc) is 2.87. The molecule has 0 aliphatic carbocycles. The summed E-state index contributed by atoms with van der Waals surface area (Å²) < 4.78 is 17.8. The van der Waals surface area contributed by atoms with Crippen LogP contribution in [0.2, 0.25) is 0 Å². The molecule has 118 valence electrons. The summed E-state index contributed by atoms with van der Waals surface area (Å²) >= 11 is 0. The van der Waals surface area contributed by atoms with Crippen LogP contribution in [0.25, 0.3) is 10.9 Å². The molecule has 3 rings (SSSR count). The molecule has 1 saturated heterocycles. The fourth-order valence-electron chi connectivity index (χ4n) is 2.36. The molecule has 0 radical (unpaired) electrons. The molecule has 1 aliphatic heterocycles. The Morgan fingerprint density at radius 2 is 1.82 bits per heavy atom. The van der Waals surface area contributed by atoms with Gasteiger partial charge in [-0.3, -0.25) is 5.10 Å². The zero-order chi connectivity index (χ0) is 16.1. The highest BCUT2D eigenvalue weighted by Gasteiger charge is 2.52. The van der Waals surface area contributed by atoms with E-state index in [4.69, 9.17) is 14.0 Å². The van der Waals surface area contributed by atoms with Crippen molar-refractivity contribution < 1.29 is 14.0 Å². The molecule has 0 saturated carbocycles. The lowest BCUT2D eigenvalue weighted by molar-refractivity contribution is 0.00578. The molecule has 0 unspecified atom stereocenters. The van der Waals surface area contributed by atoms with Crippen LogP contribution < -0.4 is 10.3 Å². The van der Waals surface area contributed by atoms with Gasteiger partial charge in [-0.15, -0.1) is 0 Å². The quantitative estimate of drug-likeness (QED) is 0.879. The van der Waals surface area contributed by atoms with Gasteiger partial charge in [-0.05, 0) is 41.5 Å². The smallest absolute Gasteiger partial charge is 0.475 e. The first-order valence-electron chi connectivity index (χ1n) is 7.56. The third-order valence-corrected chi connectivity index (χ3v) is 4.29. The minimum absolute atomic E-state index is 0.0668. The second-order valence-electron chi connectivity index (χ2n) is 6.93. The highest BCUT2D eigenvalue weighted by atomic mass is 16.7. The van der Waals surface area contributed by atoms with Crippen LogP contribution in [0.4, 0.5) is 0 Å². The van der Waals surface area contributed by atoms with E-state index in [0.717, 1.165) is 16.5 Å². The molecular weight excluding hydrogens is 281 g/mol. The standard InChI is InChI=1S/C15H22BN3O3/c1-9(2)20-12-7-10-11(8-17-12)18-19-13(10)16-21-14(3,4)15(5,6)22-16/h7-9H,1-6H3,(H,18,19). The summed E-state index contributed by atoms with van der Waals surface area (Å²) in [7, 11) is -0.482. The van der Waals surface area contributed by atoms with E-state index in [-0.39, 0.29) is 17.3 Å². The fourth-order valence-corrected chi connectivity index (χ4v) is 2.36. The van der Waals surface area contributed by atoms with Gasteiger partial charge in [0.05, 0.1) is 29.1 Å². The van der Waals surface area contributed by atoms with E-state index in [9.17, 15) is 0 Å². The number of ether oxygens (including phenoxy) is 1. The van der Waals surface area contributed by atoms with Crippen molar-refractivity contribution in [3.05, 3.63) is 12.3 Å². The van der Waals surface area contributed by atoms with Gasteiger partial charge in [0, 0.05) is 11.5 Å². The van der Waals surface area contributed by atoms with Gasteiger partial charge >= 0.3 is 7.12 Å².